The summed E-state index contributed by atoms with van der Waals surface area (Å²) in [5.41, 5.74) is 5.74. The van der Waals surface area contributed by atoms with Gasteiger partial charge in [0.1, 0.15) is 5.75 Å². The minimum absolute atomic E-state index is 0.0109. The van der Waals surface area contributed by atoms with E-state index in [4.69, 9.17) is 10.5 Å². The van der Waals surface area contributed by atoms with Crippen molar-refractivity contribution in [1.82, 2.24) is 4.90 Å². The highest BCUT2D eigenvalue weighted by Gasteiger charge is 2.23. The summed E-state index contributed by atoms with van der Waals surface area (Å²) in [6.07, 6.45) is 0.886. The maximum atomic E-state index is 11.7. The Kier molecular flexibility index (Phi) is 3.41. The molecule has 0 radical (unpaired) electrons. The van der Waals surface area contributed by atoms with Gasteiger partial charge in [-0.05, 0) is 18.6 Å². The lowest BCUT2D eigenvalue weighted by molar-refractivity contribution is -0.132. The average Bonchev–Trinajstić information content (AvgIpc) is 2.74. The van der Waals surface area contributed by atoms with Crippen molar-refractivity contribution >= 4 is 5.91 Å². The van der Waals surface area contributed by atoms with Crippen LogP contribution in [0, 0.1) is 0 Å². The molecule has 0 unspecified atom stereocenters. The lowest BCUT2D eigenvalue weighted by Gasteiger charge is -2.15. The Morgan fingerprint density at radius 3 is 2.81 bits per heavy atom. The van der Waals surface area contributed by atoms with Crippen molar-refractivity contribution in [2.45, 2.75) is 12.5 Å². The lowest BCUT2D eigenvalue weighted by atomic mass is 10.3. The number of carbonyl (C=O) groups is 1. The molecule has 0 aliphatic carbocycles. The van der Waals surface area contributed by atoms with Crippen molar-refractivity contribution < 1.29 is 9.53 Å². The van der Waals surface area contributed by atoms with E-state index in [2.05, 4.69) is 0 Å². The fourth-order valence-electron chi connectivity index (χ4n) is 1.77. The molecule has 1 aliphatic rings. The zero-order valence-corrected chi connectivity index (χ0v) is 9.13. The molecule has 1 saturated heterocycles. The second-order valence-corrected chi connectivity index (χ2v) is 3.99. The normalized spacial score (nSPS) is 19.8. The molecule has 0 saturated carbocycles. The smallest absolute Gasteiger partial charge is 0.260 e. The van der Waals surface area contributed by atoms with Crippen LogP contribution in [0.3, 0.4) is 0 Å². The van der Waals surface area contributed by atoms with Crippen LogP contribution < -0.4 is 10.5 Å². The van der Waals surface area contributed by atoms with Gasteiger partial charge in [0, 0.05) is 19.1 Å². The molecule has 1 atom stereocenters. The first-order valence-corrected chi connectivity index (χ1v) is 5.47. The molecule has 1 fully saturated rings. The first-order valence-electron chi connectivity index (χ1n) is 5.47. The van der Waals surface area contributed by atoms with Crippen LogP contribution in [-0.4, -0.2) is 36.5 Å². The molecular weight excluding hydrogens is 204 g/mol. The van der Waals surface area contributed by atoms with Gasteiger partial charge in [0.2, 0.25) is 0 Å². The van der Waals surface area contributed by atoms with E-state index >= 15 is 0 Å². The minimum atomic E-state index is 0.0109. The van der Waals surface area contributed by atoms with E-state index in [1.807, 2.05) is 30.3 Å². The zero-order valence-electron chi connectivity index (χ0n) is 9.13. The molecule has 1 aliphatic heterocycles. The number of rotatable bonds is 3. The molecule has 0 aromatic heterocycles. The molecule has 2 N–H and O–H groups in total. The SMILES string of the molecule is N[C@@H]1CCN(C(=O)COc2ccccc2)C1. The Labute approximate surface area is 95.0 Å². The number of hydrogen-bond acceptors (Lipinski definition) is 3. The Balaban J connectivity index is 1.80. The molecule has 4 heteroatoms. The number of amides is 1. The molecule has 1 amide bonds. The van der Waals surface area contributed by atoms with E-state index in [1.165, 1.54) is 0 Å². The largest absolute Gasteiger partial charge is 0.484 e. The Bertz CT molecular complexity index is 353. The van der Waals surface area contributed by atoms with Gasteiger partial charge in [-0.25, -0.2) is 0 Å². The third-order valence-corrected chi connectivity index (χ3v) is 2.68. The molecule has 1 aromatic rings. The zero-order chi connectivity index (χ0) is 11.4. The van der Waals surface area contributed by atoms with Gasteiger partial charge in [-0.15, -0.1) is 0 Å². The van der Waals surface area contributed by atoms with Crippen LogP contribution in [0.2, 0.25) is 0 Å². The number of hydrogen-bond donors (Lipinski definition) is 1. The Morgan fingerprint density at radius 1 is 1.44 bits per heavy atom. The van der Waals surface area contributed by atoms with Crippen molar-refractivity contribution in [3.8, 4) is 5.75 Å². The fourth-order valence-corrected chi connectivity index (χ4v) is 1.77. The number of likely N-dealkylation sites (tertiary alicyclic amines) is 1. The second kappa shape index (κ2) is 4.99. The van der Waals surface area contributed by atoms with Crippen LogP contribution in [0.15, 0.2) is 30.3 Å². The lowest BCUT2D eigenvalue weighted by Crippen LogP contribution is -2.35. The minimum Gasteiger partial charge on any atom is -0.484 e. The van der Waals surface area contributed by atoms with Crippen molar-refractivity contribution in [3.05, 3.63) is 30.3 Å². The van der Waals surface area contributed by atoms with E-state index in [0.29, 0.717) is 6.54 Å². The van der Waals surface area contributed by atoms with Crippen molar-refractivity contribution in [1.29, 1.82) is 0 Å². The molecule has 0 bridgehead atoms. The molecule has 4 nitrogen and oxygen atoms in total. The van der Waals surface area contributed by atoms with Crippen LogP contribution in [0.25, 0.3) is 0 Å². The van der Waals surface area contributed by atoms with Gasteiger partial charge in [-0.2, -0.15) is 0 Å². The highest BCUT2D eigenvalue weighted by Crippen LogP contribution is 2.10. The summed E-state index contributed by atoms with van der Waals surface area (Å²) < 4.78 is 5.38. The van der Waals surface area contributed by atoms with E-state index in [1.54, 1.807) is 4.90 Å². The highest BCUT2D eigenvalue weighted by molar-refractivity contribution is 5.78. The van der Waals surface area contributed by atoms with Gasteiger partial charge in [-0.1, -0.05) is 18.2 Å². The van der Waals surface area contributed by atoms with Crippen LogP contribution in [0.5, 0.6) is 5.75 Å². The molecule has 1 aromatic carbocycles. The van der Waals surface area contributed by atoms with Gasteiger partial charge >= 0.3 is 0 Å². The summed E-state index contributed by atoms with van der Waals surface area (Å²) in [4.78, 5) is 13.5. The van der Waals surface area contributed by atoms with Crippen LogP contribution in [-0.2, 0) is 4.79 Å². The first-order chi connectivity index (χ1) is 7.75. The monoisotopic (exact) mass is 220 g/mol. The molecule has 1 heterocycles. The maximum Gasteiger partial charge on any atom is 0.260 e. The Hall–Kier alpha value is -1.55. The summed E-state index contributed by atoms with van der Waals surface area (Å²) in [6, 6.07) is 9.47. The van der Waals surface area contributed by atoms with E-state index < -0.39 is 0 Å². The third-order valence-electron chi connectivity index (χ3n) is 2.68. The number of carbonyl (C=O) groups excluding carboxylic acids is 1. The summed E-state index contributed by atoms with van der Waals surface area (Å²) in [7, 11) is 0. The molecular formula is C12H16N2O2. The topological polar surface area (TPSA) is 55.6 Å². The number of para-hydroxylation sites is 1. The molecule has 16 heavy (non-hydrogen) atoms. The maximum absolute atomic E-state index is 11.7. The van der Waals surface area contributed by atoms with Crippen LogP contribution in [0.4, 0.5) is 0 Å². The second-order valence-electron chi connectivity index (χ2n) is 3.99. The van der Waals surface area contributed by atoms with E-state index in [9.17, 15) is 4.79 Å². The summed E-state index contributed by atoms with van der Waals surface area (Å²) in [6.45, 7) is 1.49. The number of nitrogens with two attached hydrogens (primary N) is 1. The first kappa shape index (κ1) is 11.0. The van der Waals surface area contributed by atoms with Crippen LogP contribution in [0.1, 0.15) is 6.42 Å². The predicted octanol–water partition coefficient (Wildman–Crippen LogP) is 0.625. The summed E-state index contributed by atoms with van der Waals surface area (Å²) >= 11 is 0. The third kappa shape index (κ3) is 2.73. The number of nitrogens with zero attached hydrogens (tertiary/aromatic N) is 1. The standard InChI is InChI=1S/C12H16N2O2/c13-10-6-7-14(8-10)12(15)9-16-11-4-2-1-3-5-11/h1-5,10H,6-9,13H2/t10-/m1/s1. The van der Waals surface area contributed by atoms with E-state index in [-0.39, 0.29) is 18.6 Å². The average molecular weight is 220 g/mol. The van der Waals surface area contributed by atoms with Crippen molar-refractivity contribution in [2.75, 3.05) is 19.7 Å². The summed E-state index contributed by atoms with van der Waals surface area (Å²) in [5.74, 6) is 0.733. The molecule has 86 valence electrons. The van der Waals surface area contributed by atoms with Gasteiger partial charge in [0.05, 0.1) is 0 Å². The van der Waals surface area contributed by atoms with Crippen LogP contribution >= 0.6 is 0 Å². The van der Waals surface area contributed by atoms with Crippen molar-refractivity contribution in [2.24, 2.45) is 5.73 Å². The molecule has 2 rings (SSSR count). The highest BCUT2D eigenvalue weighted by atomic mass is 16.5. The Morgan fingerprint density at radius 2 is 2.19 bits per heavy atom. The number of ether oxygens (including phenoxy) is 1. The summed E-state index contributed by atoms with van der Waals surface area (Å²) in [5, 5.41) is 0. The fraction of sp³-hybridized carbons (Fsp3) is 0.417. The quantitative estimate of drug-likeness (QED) is 0.812. The van der Waals surface area contributed by atoms with E-state index in [0.717, 1.165) is 18.7 Å². The van der Waals surface area contributed by atoms with Crippen molar-refractivity contribution in [3.63, 3.8) is 0 Å². The van der Waals surface area contributed by atoms with Gasteiger partial charge in [-0.3, -0.25) is 4.79 Å². The molecule has 0 spiro atoms. The van der Waals surface area contributed by atoms with Gasteiger partial charge in [0.25, 0.3) is 5.91 Å². The van der Waals surface area contributed by atoms with Gasteiger partial charge < -0.3 is 15.4 Å². The number of benzene rings is 1. The van der Waals surface area contributed by atoms with Gasteiger partial charge in [0.15, 0.2) is 6.61 Å². The predicted molar refractivity (Wildman–Crippen MR) is 61.1 cm³/mol.